The molecule has 0 aromatic heterocycles. The summed E-state index contributed by atoms with van der Waals surface area (Å²) in [4.78, 5) is 0.347. The van der Waals surface area contributed by atoms with E-state index in [0.717, 1.165) is 18.4 Å². The van der Waals surface area contributed by atoms with Crippen LogP contribution in [0, 0.1) is 12.8 Å². The highest BCUT2D eigenvalue weighted by Crippen LogP contribution is 2.29. The number of hydrogen-bond acceptors (Lipinski definition) is 3. The molecule has 4 nitrogen and oxygen atoms in total. The molecule has 0 bridgehead atoms. The molecule has 1 heterocycles. The molecule has 0 radical (unpaired) electrons. The van der Waals surface area contributed by atoms with Gasteiger partial charge in [-0.3, -0.25) is 0 Å². The van der Waals surface area contributed by atoms with Gasteiger partial charge in [0.05, 0.1) is 4.90 Å². The van der Waals surface area contributed by atoms with Crippen molar-refractivity contribution in [2.24, 2.45) is 5.92 Å². The summed E-state index contributed by atoms with van der Waals surface area (Å²) >= 11 is 0. The minimum atomic E-state index is -3.41. The smallest absolute Gasteiger partial charge is 0.243 e. The van der Waals surface area contributed by atoms with E-state index < -0.39 is 10.0 Å². The molecule has 1 aliphatic heterocycles. The second kappa shape index (κ2) is 5.13. The molecule has 0 amide bonds. The number of nitrogens with two attached hydrogens (primary N) is 1. The normalized spacial score (nSPS) is 25.4. The summed E-state index contributed by atoms with van der Waals surface area (Å²) in [6.07, 6.45) is 2.02. The van der Waals surface area contributed by atoms with Gasteiger partial charge in [-0.15, -0.1) is 0 Å². The van der Waals surface area contributed by atoms with Crippen LogP contribution in [-0.4, -0.2) is 25.3 Å². The molecule has 5 heteroatoms. The molecule has 0 aliphatic carbocycles. The first-order chi connectivity index (χ1) is 8.84. The number of nitrogens with zero attached hydrogens (tertiary/aromatic N) is 1. The van der Waals surface area contributed by atoms with Crippen molar-refractivity contribution in [1.29, 1.82) is 0 Å². The molecular formula is C14H22N2O2S. The second-order valence-corrected chi connectivity index (χ2v) is 7.38. The maximum Gasteiger partial charge on any atom is 0.243 e. The van der Waals surface area contributed by atoms with E-state index in [-0.39, 0.29) is 6.04 Å². The van der Waals surface area contributed by atoms with Gasteiger partial charge in [0.2, 0.25) is 10.0 Å². The van der Waals surface area contributed by atoms with Crippen molar-refractivity contribution < 1.29 is 8.42 Å². The standard InChI is InChI=1S/C14H22N2O2S/c1-10-5-4-8-16(12(10)3)19(17,18)13-6-7-14(15)11(2)9-13/h6-7,9-10,12H,4-5,8,15H2,1-3H3. The Bertz CT molecular complexity index is 569. The van der Waals surface area contributed by atoms with Crippen molar-refractivity contribution in [3.63, 3.8) is 0 Å². The summed E-state index contributed by atoms with van der Waals surface area (Å²) in [5.74, 6) is 0.401. The second-order valence-electron chi connectivity index (χ2n) is 5.49. The zero-order chi connectivity index (χ0) is 14.2. The number of aryl methyl sites for hydroxylation is 1. The lowest BCUT2D eigenvalue weighted by Gasteiger charge is -2.36. The lowest BCUT2D eigenvalue weighted by Crippen LogP contribution is -2.45. The summed E-state index contributed by atoms with van der Waals surface area (Å²) in [5.41, 5.74) is 7.18. The number of benzene rings is 1. The molecule has 2 atom stereocenters. The van der Waals surface area contributed by atoms with Gasteiger partial charge in [0.15, 0.2) is 0 Å². The van der Waals surface area contributed by atoms with Crippen LogP contribution in [-0.2, 0) is 10.0 Å². The summed E-state index contributed by atoms with van der Waals surface area (Å²) < 4.78 is 27.0. The van der Waals surface area contributed by atoms with Crippen LogP contribution in [0.5, 0.6) is 0 Å². The largest absolute Gasteiger partial charge is 0.399 e. The summed E-state index contributed by atoms with van der Waals surface area (Å²) in [5, 5.41) is 0. The highest BCUT2D eigenvalue weighted by atomic mass is 32.2. The van der Waals surface area contributed by atoms with Gasteiger partial charge in [0.1, 0.15) is 0 Å². The van der Waals surface area contributed by atoms with Crippen molar-refractivity contribution >= 4 is 15.7 Å². The Morgan fingerprint density at radius 3 is 2.63 bits per heavy atom. The molecule has 1 aromatic carbocycles. The predicted octanol–water partition coefficient (Wildman–Crippen LogP) is 2.39. The Morgan fingerprint density at radius 2 is 2.00 bits per heavy atom. The van der Waals surface area contributed by atoms with E-state index in [2.05, 4.69) is 6.92 Å². The maximum absolute atomic E-state index is 12.7. The van der Waals surface area contributed by atoms with E-state index in [1.165, 1.54) is 0 Å². The van der Waals surface area contributed by atoms with Crippen LogP contribution in [0.3, 0.4) is 0 Å². The topological polar surface area (TPSA) is 63.4 Å². The summed E-state index contributed by atoms with van der Waals surface area (Å²) in [6, 6.07) is 4.98. The van der Waals surface area contributed by atoms with Crippen LogP contribution in [0.15, 0.2) is 23.1 Å². The molecule has 2 rings (SSSR count). The molecule has 2 unspecified atom stereocenters. The van der Waals surface area contributed by atoms with Crippen LogP contribution < -0.4 is 5.73 Å². The third-order valence-electron chi connectivity index (χ3n) is 4.16. The Hall–Kier alpha value is -1.07. The zero-order valence-corrected chi connectivity index (χ0v) is 12.6. The summed E-state index contributed by atoms with van der Waals surface area (Å²) in [6.45, 7) is 6.54. The van der Waals surface area contributed by atoms with Crippen LogP contribution in [0.1, 0.15) is 32.3 Å². The van der Waals surface area contributed by atoms with E-state index in [1.807, 2.05) is 13.8 Å². The Labute approximate surface area is 115 Å². The Kier molecular flexibility index (Phi) is 3.87. The number of piperidine rings is 1. The van der Waals surface area contributed by atoms with Crippen molar-refractivity contribution in [2.45, 2.75) is 44.6 Å². The average Bonchev–Trinajstić information content (AvgIpc) is 2.35. The van der Waals surface area contributed by atoms with Gasteiger partial charge in [0.25, 0.3) is 0 Å². The lowest BCUT2D eigenvalue weighted by atomic mass is 9.94. The van der Waals surface area contributed by atoms with Crippen molar-refractivity contribution in [2.75, 3.05) is 12.3 Å². The fraction of sp³-hybridized carbons (Fsp3) is 0.571. The van der Waals surface area contributed by atoms with E-state index in [9.17, 15) is 8.42 Å². The lowest BCUT2D eigenvalue weighted by molar-refractivity contribution is 0.202. The fourth-order valence-corrected chi connectivity index (χ4v) is 4.43. The van der Waals surface area contributed by atoms with Crippen molar-refractivity contribution in [3.05, 3.63) is 23.8 Å². The number of anilines is 1. The Morgan fingerprint density at radius 1 is 1.32 bits per heavy atom. The van der Waals surface area contributed by atoms with E-state index in [4.69, 9.17) is 5.73 Å². The molecule has 0 spiro atoms. The number of nitrogen functional groups attached to an aromatic ring is 1. The highest BCUT2D eigenvalue weighted by molar-refractivity contribution is 7.89. The van der Waals surface area contributed by atoms with Gasteiger partial charge in [0, 0.05) is 18.3 Å². The minimum Gasteiger partial charge on any atom is -0.399 e. The quantitative estimate of drug-likeness (QED) is 0.847. The number of hydrogen-bond donors (Lipinski definition) is 1. The predicted molar refractivity (Wildman–Crippen MR) is 77.3 cm³/mol. The third kappa shape index (κ3) is 2.62. The first-order valence-electron chi connectivity index (χ1n) is 6.72. The summed E-state index contributed by atoms with van der Waals surface area (Å²) in [7, 11) is -3.41. The molecule has 2 N–H and O–H groups in total. The van der Waals surface area contributed by atoms with Gasteiger partial charge in [-0.1, -0.05) is 6.92 Å². The molecule has 0 saturated carbocycles. The third-order valence-corrected chi connectivity index (χ3v) is 6.15. The highest BCUT2D eigenvalue weighted by Gasteiger charge is 2.34. The molecule has 1 aromatic rings. The zero-order valence-electron chi connectivity index (χ0n) is 11.8. The molecule has 1 fully saturated rings. The van der Waals surface area contributed by atoms with Crippen molar-refractivity contribution in [1.82, 2.24) is 4.31 Å². The number of sulfonamides is 1. The minimum absolute atomic E-state index is 0.0524. The van der Waals surface area contributed by atoms with Crippen LogP contribution >= 0.6 is 0 Å². The van der Waals surface area contributed by atoms with Gasteiger partial charge >= 0.3 is 0 Å². The first kappa shape index (κ1) is 14.3. The monoisotopic (exact) mass is 282 g/mol. The molecule has 106 valence electrons. The van der Waals surface area contributed by atoms with Crippen LogP contribution in [0.4, 0.5) is 5.69 Å². The average molecular weight is 282 g/mol. The molecule has 19 heavy (non-hydrogen) atoms. The van der Waals surface area contributed by atoms with Crippen LogP contribution in [0.25, 0.3) is 0 Å². The van der Waals surface area contributed by atoms with Gasteiger partial charge in [-0.05, 0) is 56.4 Å². The van der Waals surface area contributed by atoms with Crippen molar-refractivity contribution in [3.8, 4) is 0 Å². The molecule has 1 saturated heterocycles. The van der Waals surface area contributed by atoms with Gasteiger partial charge < -0.3 is 5.73 Å². The van der Waals surface area contributed by atoms with E-state index in [1.54, 1.807) is 22.5 Å². The van der Waals surface area contributed by atoms with Crippen LogP contribution in [0.2, 0.25) is 0 Å². The number of rotatable bonds is 2. The fourth-order valence-electron chi connectivity index (χ4n) is 2.58. The van der Waals surface area contributed by atoms with Gasteiger partial charge in [-0.25, -0.2) is 8.42 Å². The molecular weight excluding hydrogens is 260 g/mol. The van der Waals surface area contributed by atoms with E-state index >= 15 is 0 Å². The molecule has 1 aliphatic rings. The van der Waals surface area contributed by atoms with Gasteiger partial charge in [-0.2, -0.15) is 4.31 Å². The maximum atomic E-state index is 12.7. The SMILES string of the molecule is Cc1cc(S(=O)(=O)N2CCCC(C)C2C)ccc1N. The van der Waals surface area contributed by atoms with E-state index in [0.29, 0.717) is 23.0 Å². The first-order valence-corrected chi connectivity index (χ1v) is 8.16. The Balaban J connectivity index is 2.38.